The number of anilines is 1. The van der Waals surface area contributed by atoms with Gasteiger partial charge in [-0.1, -0.05) is 42.0 Å². The topological polar surface area (TPSA) is 78.2 Å². The molecule has 34 heavy (non-hydrogen) atoms. The van der Waals surface area contributed by atoms with Crippen molar-refractivity contribution in [3.8, 4) is 0 Å². The van der Waals surface area contributed by atoms with Gasteiger partial charge in [0.25, 0.3) is 11.8 Å². The maximum absolute atomic E-state index is 13.3. The van der Waals surface area contributed by atoms with E-state index in [1.54, 1.807) is 6.26 Å². The molecule has 174 valence electrons. The molecule has 3 aromatic rings. The molecule has 1 fully saturated rings. The minimum absolute atomic E-state index is 0.00219. The van der Waals surface area contributed by atoms with Gasteiger partial charge in [0.1, 0.15) is 11.8 Å². The first-order valence-corrected chi connectivity index (χ1v) is 11.7. The molecule has 0 radical (unpaired) electrons. The summed E-state index contributed by atoms with van der Waals surface area (Å²) in [6, 6.07) is 18.9. The summed E-state index contributed by atoms with van der Waals surface area (Å²) in [4.78, 5) is 28.1. The SMILES string of the molecule is Cc1ccc(C2=NN(C(=O)CNc3ccccc3C(=O)N3CCCC3)C(c3ccco3)C2)cc1. The molecule has 0 spiro atoms. The summed E-state index contributed by atoms with van der Waals surface area (Å²) in [6.07, 6.45) is 4.25. The summed E-state index contributed by atoms with van der Waals surface area (Å²) in [6.45, 7) is 3.62. The highest BCUT2D eigenvalue weighted by molar-refractivity contribution is 6.03. The zero-order chi connectivity index (χ0) is 23.5. The predicted octanol–water partition coefficient (Wildman–Crippen LogP) is 4.61. The fourth-order valence-corrected chi connectivity index (χ4v) is 4.53. The molecular weight excluding hydrogens is 428 g/mol. The van der Waals surface area contributed by atoms with Crippen LogP contribution >= 0.6 is 0 Å². The average molecular weight is 457 g/mol. The number of furan rings is 1. The number of benzene rings is 2. The third-order valence-corrected chi connectivity index (χ3v) is 6.40. The van der Waals surface area contributed by atoms with Gasteiger partial charge < -0.3 is 14.6 Å². The Hall–Kier alpha value is -3.87. The van der Waals surface area contributed by atoms with Gasteiger partial charge in [-0.15, -0.1) is 0 Å². The van der Waals surface area contributed by atoms with E-state index in [0.29, 0.717) is 23.4 Å². The lowest BCUT2D eigenvalue weighted by molar-refractivity contribution is -0.131. The van der Waals surface area contributed by atoms with E-state index in [2.05, 4.69) is 10.4 Å². The molecule has 0 saturated carbocycles. The Morgan fingerprint density at radius 3 is 2.53 bits per heavy atom. The summed E-state index contributed by atoms with van der Waals surface area (Å²) < 4.78 is 5.63. The summed E-state index contributed by atoms with van der Waals surface area (Å²) in [5.41, 5.74) is 4.25. The number of amides is 2. The molecule has 7 heteroatoms. The van der Waals surface area contributed by atoms with Crippen LogP contribution in [0.15, 0.2) is 76.4 Å². The Labute approximate surface area is 199 Å². The van der Waals surface area contributed by atoms with E-state index in [4.69, 9.17) is 4.42 Å². The number of hydrogen-bond donors (Lipinski definition) is 1. The van der Waals surface area contributed by atoms with E-state index in [-0.39, 0.29) is 24.4 Å². The molecule has 2 aliphatic rings. The minimum Gasteiger partial charge on any atom is -0.467 e. The van der Waals surface area contributed by atoms with Gasteiger partial charge in [-0.3, -0.25) is 9.59 Å². The molecule has 2 aromatic carbocycles. The van der Waals surface area contributed by atoms with Gasteiger partial charge in [0, 0.05) is 25.2 Å². The van der Waals surface area contributed by atoms with Crippen molar-refractivity contribution in [3.05, 3.63) is 89.4 Å². The molecule has 0 bridgehead atoms. The van der Waals surface area contributed by atoms with Crippen LogP contribution < -0.4 is 5.32 Å². The first-order valence-electron chi connectivity index (χ1n) is 11.7. The van der Waals surface area contributed by atoms with Crippen molar-refractivity contribution in [1.82, 2.24) is 9.91 Å². The van der Waals surface area contributed by atoms with Crippen LogP contribution in [0.1, 0.15) is 52.5 Å². The number of carbonyl (C=O) groups is 2. The van der Waals surface area contributed by atoms with E-state index in [9.17, 15) is 9.59 Å². The Morgan fingerprint density at radius 2 is 1.79 bits per heavy atom. The molecule has 2 amide bonds. The van der Waals surface area contributed by atoms with Crippen LogP contribution in [0.2, 0.25) is 0 Å². The normalized spacial score (nSPS) is 17.7. The lowest BCUT2D eigenvalue weighted by atomic mass is 10.0. The van der Waals surface area contributed by atoms with Gasteiger partial charge in [-0.25, -0.2) is 5.01 Å². The van der Waals surface area contributed by atoms with Crippen LogP contribution in [-0.2, 0) is 4.79 Å². The Morgan fingerprint density at radius 1 is 1.03 bits per heavy atom. The van der Waals surface area contributed by atoms with Gasteiger partial charge >= 0.3 is 0 Å². The quantitative estimate of drug-likeness (QED) is 0.587. The number of likely N-dealkylation sites (tertiary alicyclic amines) is 1. The number of nitrogens with zero attached hydrogens (tertiary/aromatic N) is 3. The molecule has 1 atom stereocenters. The van der Waals surface area contributed by atoms with Crippen LogP contribution in [0.5, 0.6) is 0 Å². The highest BCUT2D eigenvalue weighted by atomic mass is 16.3. The van der Waals surface area contributed by atoms with Crippen molar-refractivity contribution in [3.63, 3.8) is 0 Å². The van der Waals surface area contributed by atoms with Crippen LogP contribution in [0.3, 0.4) is 0 Å². The standard InChI is InChI=1S/C27H28N4O3/c1-19-10-12-20(13-11-19)23-17-24(25-9-6-16-34-25)31(29-23)26(32)18-28-22-8-3-2-7-21(22)27(33)30-14-4-5-15-30/h2-3,6-13,16,24,28H,4-5,14-15,17-18H2,1H3. The van der Waals surface area contributed by atoms with Gasteiger partial charge in [-0.05, 0) is 49.6 Å². The smallest absolute Gasteiger partial charge is 0.262 e. The molecule has 1 unspecified atom stereocenters. The number of nitrogens with one attached hydrogen (secondary N) is 1. The number of hydrogen-bond acceptors (Lipinski definition) is 5. The van der Waals surface area contributed by atoms with E-state index in [0.717, 1.165) is 37.2 Å². The van der Waals surface area contributed by atoms with Gasteiger partial charge in [0.2, 0.25) is 0 Å². The highest BCUT2D eigenvalue weighted by Gasteiger charge is 2.34. The van der Waals surface area contributed by atoms with Crippen LogP contribution in [-0.4, -0.2) is 47.1 Å². The molecule has 7 nitrogen and oxygen atoms in total. The number of aryl methyl sites for hydroxylation is 1. The van der Waals surface area contributed by atoms with Gasteiger partial charge in [0.15, 0.2) is 0 Å². The first-order chi connectivity index (χ1) is 16.6. The summed E-state index contributed by atoms with van der Waals surface area (Å²) in [5.74, 6) is 0.512. The van der Waals surface area contributed by atoms with Gasteiger partial charge in [-0.2, -0.15) is 5.10 Å². The van der Waals surface area contributed by atoms with E-state index >= 15 is 0 Å². The second kappa shape index (κ2) is 9.55. The van der Waals surface area contributed by atoms with Crippen molar-refractivity contribution in [2.75, 3.05) is 25.0 Å². The maximum atomic E-state index is 13.3. The molecule has 5 rings (SSSR count). The van der Waals surface area contributed by atoms with Crippen LogP contribution in [0.25, 0.3) is 0 Å². The lowest BCUT2D eigenvalue weighted by Gasteiger charge is -2.21. The maximum Gasteiger partial charge on any atom is 0.262 e. The fraction of sp³-hybridized carbons (Fsp3) is 0.296. The van der Waals surface area contributed by atoms with Crippen molar-refractivity contribution in [2.45, 2.75) is 32.2 Å². The molecule has 0 aliphatic carbocycles. The Bertz CT molecular complexity index is 1190. The monoisotopic (exact) mass is 456 g/mol. The molecule has 1 saturated heterocycles. The Kier molecular flexibility index (Phi) is 6.16. The molecule has 1 aromatic heterocycles. The predicted molar refractivity (Wildman–Crippen MR) is 131 cm³/mol. The summed E-state index contributed by atoms with van der Waals surface area (Å²) in [7, 11) is 0. The first kappa shape index (κ1) is 21.9. The van der Waals surface area contributed by atoms with Gasteiger partial charge in [0.05, 0.1) is 24.1 Å². The second-order valence-electron chi connectivity index (χ2n) is 8.78. The van der Waals surface area contributed by atoms with Crippen molar-refractivity contribution in [1.29, 1.82) is 0 Å². The highest BCUT2D eigenvalue weighted by Crippen LogP contribution is 2.33. The molecule has 1 N–H and O–H groups in total. The minimum atomic E-state index is -0.304. The number of hydrazone groups is 1. The molecule has 2 aliphatic heterocycles. The summed E-state index contributed by atoms with van der Waals surface area (Å²) in [5, 5.41) is 9.37. The second-order valence-corrected chi connectivity index (χ2v) is 8.78. The third kappa shape index (κ3) is 4.46. The molecular formula is C27H28N4O3. The third-order valence-electron chi connectivity index (χ3n) is 6.40. The number of para-hydroxylation sites is 1. The van der Waals surface area contributed by atoms with Crippen LogP contribution in [0.4, 0.5) is 5.69 Å². The van der Waals surface area contributed by atoms with E-state index in [1.807, 2.05) is 72.5 Å². The van der Waals surface area contributed by atoms with Crippen molar-refractivity contribution in [2.24, 2.45) is 5.10 Å². The zero-order valence-corrected chi connectivity index (χ0v) is 19.2. The fourth-order valence-electron chi connectivity index (χ4n) is 4.53. The average Bonchev–Trinajstić information content (AvgIpc) is 3.64. The van der Waals surface area contributed by atoms with E-state index in [1.165, 1.54) is 10.6 Å². The zero-order valence-electron chi connectivity index (χ0n) is 19.2. The largest absolute Gasteiger partial charge is 0.467 e. The molecule has 3 heterocycles. The number of rotatable bonds is 6. The summed E-state index contributed by atoms with van der Waals surface area (Å²) >= 11 is 0. The van der Waals surface area contributed by atoms with E-state index < -0.39 is 0 Å². The Balaban J connectivity index is 1.34. The lowest BCUT2D eigenvalue weighted by Crippen LogP contribution is -2.33. The van der Waals surface area contributed by atoms with Crippen molar-refractivity contribution < 1.29 is 14.0 Å². The number of carbonyl (C=O) groups excluding carboxylic acids is 2. The van der Waals surface area contributed by atoms with Crippen LogP contribution in [0, 0.1) is 6.92 Å². The van der Waals surface area contributed by atoms with Crippen molar-refractivity contribution >= 4 is 23.2 Å².